The zero-order valence-electron chi connectivity index (χ0n) is 11.4. The summed E-state index contributed by atoms with van der Waals surface area (Å²) in [6.45, 7) is 2.60. The monoisotopic (exact) mass is 323 g/mol. The van der Waals surface area contributed by atoms with E-state index >= 15 is 0 Å². The smallest absolute Gasteiger partial charge is 0.346 e. The highest BCUT2D eigenvalue weighted by atomic mass is 32.2. The molecule has 0 rings (SSSR count). The van der Waals surface area contributed by atoms with Crippen LogP contribution in [0.4, 0.5) is 0 Å². The molecule has 5 N–H and O–H groups in total. The summed E-state index contributed by atoms with van der Waals surface area (Å²) in [5.41, 5.74) is -3.25. The van der Waals surface area contributed by atoms with Crippen molar-refractivity contribution in [1.82, 2.24) is 5.32 Å². The number of hydrogen-bond donors (Lipinski definition) is 5. The third-order valence-corrected chi connectivity index (χ3v) is 3.74. The van der Waals surface area contributed by atoms with Crippen LogP contribution in [0.2, 0.25) is 0 Å². The predicted molar refractivity (Wildman–Crippen MR) is 72.0 cm³/mol. The first kappa shape index (κ1) is 19.2. The molecule has 120 valence electrons. The van der Waals surface area contributed by atoms with Crippen molar-refractivity contribution in [3.63, 3.8) is 0 Å². The van der Waals surface area contributed by atoms with Crippen LogP contribution in [0.15, 0.2) is 0 Å². The average Bonchev–Trinajstić information content (AvgIpc) is 2.40. The molecular formula is C11H17NO8S. The van der Waals surface area contributed by atoms with Crippen molar-refractivity contribution in [2.45, 2.75) is 25.5 Å². The van der Waals surface area contributed by atoms with E-state index in [0.717, 1.165) is 6.92 Å². The highest BCUT2D eigenvalue weighted by Crippen LogP contribution is 2.19. The van der Waals surface area contributed by atoms with E-state index in [9.17, 15) is 24.3 Å². The minimum Gasteiger partial charge on any atom is -0.481 e. The maximum Gasteiger partial charge on any atom is 0.346 e. The largest absolute Gasteiger partial charge is 0.481 e. The highest BCUT2D eigenvalue weighted by Gasteiger charge is 2.53. The van der Waals surface area contributed by atoms with Gasteiger partial charge in [-0.3, -0.25) is 9.59 Å². The number of carboxylic acids is 3. The predicted octanol–water partition coefficient (Wildman–Crippen LogP) is -1.15. The van der Waals surface area contributed by atoms with Gasteiger partial charge in [0, 0.05) is 5.75 Å². The summed E-state index contributed by atoms with van der Waals surface area (Å²) in [7, 11) is 0. The van der Waals surface area contributed by atoms with Crippen LogP contribution >= 0.6 is 11.8 Å². The lowest BCUT2D eigenvalue weighted by Crippen LogP contribution is -2.61. The number of hydrogen-bond acceptors (Lipinski definition) is 6. The summed E-state index contributed by atoms with van der Waals surface area (Å²) in [6.07, 6.45) is 0. The molecule has 0 aromatic heterocycles. The molecule has 0 aromatic rings. The van der Waals surface area contributed by atoms with Gasteiger partial charge in [-0.05, 0) is 12.7 Å². The second kappa shape index (κ2) is 7.84. The van der Waals surface area contributed by atoms with Crippen LogP contribution in [-0.2, 0) is 19.2 Å². The molecule has 0 aliphatic heterocycles. The molecule has 10 heteroatoms. The summed E-state index contributed by atoms with van der Waals surface area (Å²) < 4.78 is 0. The van der Waals surface area contributed by atoms with Gasteiger partial charge in [0.15, 0.2) is 0 Å². The number of carbonyl (C=O) groups excluding carboxylic acids is 1. The molecule has 3 unspecified atom stereocenters. The Morgan fingerprint density at radius 3 is 2.00 bits per heavy atom. The van der Waals surface area contributed by atoms with Gasteiger partial charge in [0.2, 0.25) is 0 Å². The molecule has 21 heavy (non-hydrogen) atoms. The third kappa shape index (κ3) is 4.60. The highest BCUT2D eigenvalue weighted by molar-refractivity contribution is 7.99. The molecule has 0 heterocycles. The van der Waals surface area contributed by atoms with Crippen molar-refractivity contribution in [3.8, 4) is 0 Å². The molecule has 9 nitrogen and oxygen atoms in total. The first-order valence-corrected chi connectivity index (χ1v) is 7.04. The van der Waals surface area contributed by atoms with E-state index < -0.39 is 41.4 Å². The maximum absolute atomic E-state index is 11.9. The van der Waals surface area contributed by atoms with Gasteiger partial charge < -0.3 is 25.7 Å². The summed E-state index contributed by atoms with van der Waals surface area (Å²) in [6, 6.07) is -1.44. The molecule has 0 bridgehead atoms. The fourth-order valence-corrected chi connectivity index (χ4v) is 2.03. The number of nitrogens with one attached hydrogen (secondary N) is 1. The zero-order valence-corrected chi connectivity index (χ0v) is 12.2. The van der Waals surface area contributed by atoms with Crippen LogP contribution in [0, 0.1) is 5.92 Å². The van der Waals surface area contributed by atoms with Gasteiger partial charge in [0.25, 0.3) is 11.5 Å². The van der Waals surface area contributed by atoms with Gasteiger partial charge in [-0.15, -0.1) is 0 Å². The number of carbonyl (C=O) groups is 4. The van der Waals surface area contributed by atoms with Crippen LogP contribution in [0.5, 0.6) is 0 Å². The number of aliphatic hydroxyl groups is 1. The fraction of sp³-hybridized carbons (Fsp3) is 0.636. The van der Waals surface area contributed by atoms with Gasteiger partial charge in [-0.2, -0.15) is 11.8 Å². The quantitative estimate of drug-likeness (QED) is 0.330. The third-order valence-electron chi connectivity index (χ3n) is 2.76. The maximum atomic E-state index is 11.9. The number of carboxylic acid groups (broad SMARTS) is 3. The Hall–Kier alpha value is -1.81. The van der Waals surface area contributed by atoms with Crippen LogP contribution in [0.3, 0.4) is 0 Å². The Bertz CT molecular complexity index is 440. The number of thioether (sulfide) groups is 1. The first-order chi connectivity index (χ1) is 9.58. The molecule has 0 spiro atoms. The minimum atomic E-state index is -3.25. The van der Waals surface area contributed by atoms with Gasteiger partial charge >= 0.3 is 17.9 Å². The molecule has 0 aliphatic rings. The molecule has 0 aliphatic carbocycles. The topological polar surface area (TPSA) is 161 Å². The lowest BCUT2D eigenvalue weighted by atomic mass is 9.87. The SMILES string of the molecule is CCSCC(NC(=O)C(O)(C(=O)O)C(C)C(=O)O)C(=O)O. The van der Waals surface area contributed by atoms with Crippen LogP contribution in [0.25, 0.3) is 0 Å². The molecule has 1 amide bonds. The zero-order chi connectivity index (χ0) is 16.8. The summed E-state index contributed by atoms with van der Waals surface area (Å²) in [5.74, 6) is -8.20. The Morgan fingerprint density at radius 1 is 1.14 bits per heavy atom. The lowest BCUT2D eigenvalue weighted by Gasteiger charge is -2.27. The Kier molecular flexibility index (Phi) is 7.16. The van der Waals surface area contributed by atoms with Gasteiger partial charge in [0.05, 0.1) is 0 Å². The van der Waals surface area contributed by atoms with E-state index in [0.29, 0.717) is 5.75 Å². The van der Waals surface area contributed by atoms with E-state index in [4.69, 9.17) is 15.3 Å². The van der Waals surface area contributed by atoms with E-state index in [2.05, 4.69) is 0 Å². The van der Waals surface area contributed by atoms with E-state index in [1.54, 1.807) is 6.92 Å². The Labute approximate surface area is 124 Å². The standard InChI is InChI=1S/C11H17NO8S/c1-3-21-4-6(8(15)16)12-9(17)11(20,10(18)19)5(2)7(13)14/h5-6,20H,3-4H2,1-2H3,(H,12,17)(H,13,14)(H,15,16)(H,18,19). The summed E-state index contributed by atoms with van der Waals surface area (Å²) in [5, 5.41) is 38.3. The van der Waals surface area contributed by atoms with Crippen molar-refractivity contribution in [3.05, 3.63) is 0 Å². The van der Waals surface area contributed by atoms with Crippen molar-refractivity contribution in [2.24, 2.45) is 5.92 Å². The molecule has 0 fully saturated rings. The number of aliphatic carboxylic acids is 3. The van der Waals surface area contributed by atoms with Gasteiger partial charge in [0.1, 0.15) is 12.0 Å². The molecular weight excluding hydrogens is 306 g/mol. The second-order valence-electron chi connectivity index (χ2n) is 4.16. The van der Waals surface area contributed by atoms with Crippen LogP contribution < -0.4 is 5.32 Å². The van der Waals surface area contributed by atoms with E-state index in [1.807, 2.05) is 5.32 Å². The van der Waals surface area contributed by atoms with E-state index in [-0.39, 0.29) is 5.75 Å². The van der Waals surface area contributed by atoms with Gasteiger partial charge in [-0.1, -0.05) is 6.92 Å². The van der Waals surface area contributed by atoms with Crippen molar-refractivity contribution in [1.29, 1.82) is 0 Å². The summed E-state index contributed by atoms with van der Waals surface area (Å²) in [4.78, 5) is 44.7. The Morgan fingerprint density at radius 2 is 1.67 bits per heavy atom. The fourth-order valence-electron chi connectivity index (χ4n) is 1.34. The lowest BCUT2D eigenvalue weighted by molar-refractivity contribution is -0.179. The average molecular weight is 323 g/mol. The molecule has 0 radical (unpaired) electrons. The molecule has 0 saturated heterocycles. The van der Waals surface area contributed by atoms with Crippen LogP contribution in [-0.4, -0.2) is 67.4 Å². The van der Waals surface area contributed by atoms with Crippen LogP contribution in [0.1, 0.15) is 13.8 Å². The van der Waals surface area contributed by atoms with E-state index in [1.165, 1.54) is 11.8 Å². The van der Waals surface area contributed by atoms with Crippen molar-refractivity contribution < 1.29 is 39.6 Å². The summed E-state index contributed by atoms with van der Waals surface area (Å²) >= 11 is 1.18. The van der Waals surface area contributed by atoms with Crippen molar-refractivity contribution in [2.75, 3.05) is 11.5 Å². The molecule has 3 atom stereocenters. The molecule has 0 saturated carbocycles. The van der Waals surface area contributed by atoms with Crippen molar-refractivity contribution >= 4 is 35.6 Å². The minimum absolute atomic E-state index is 0.0469. The second-order valence-corrected chi connectivity index (χ2v) is 5.47. The first-order valence-electron chi connectivity index (χ1n) is 5.89. The number of amides is 1. The van der Waals surface area contributed by atoms with Gasteiger partial charge in [-0.25, -0.2) is 9.59 Å². The normalized spacial score (nSPS) is 16.3. The Balaban J connectivity index is 5.27. The molecule has 0 aromatic carbocycles. The number of rotatable bonds is 9.